The van der Waals surface area contributed by atoms with E-state index in [-0.39, 0.29) is 43.1 Å². The predicted octanol–water partition coefficient (Wildman–Crippen LogP) is 2.67. The molecule has 0 saturated heterocycles. The molecule has 0 unspecified atom stereocenters. The average molecular weight is 479 g/mol. The minimum Gasteiger partial charge on any atom is -0.493 e. The van der Waals surface area contributed by atoms with Crippen LogP contribution in [0.1, 0.15) is 38.2 Å². The highest BCUT2D eigenvalue weighted by Crippen LogP contribution is 2.28. The number of nitrogens with one attached hydrogen (secondary N) is 3. The van der Waals surface area contributed by atoms with Crippen molar-refractivity contribution in [2.75, 3.05) is 32.1 Å². The second-order valence-corrected chi connectivity index (χ2v) is 7.33. The first-order chi connectivity index (χ1) is 16.9. The average Bonchev–Trinajstić information content (AvgIpc) is 3.40. The lowest BCUT2D eigenvalue weighted by Gasteiger charge is -2.12. The Balaban J connectivity index is 1.43. The van der Waals surface area contributed by atoms with Crippen LogP contribution in [0.5, 0.6) is 11.5 Å². The molecule has 182 valence electrons. The Morgan fingerprint density at radius 2 is 1.54 bits per heavy atom. The van der Waals surface area contributed by atoms with E-state index >= 15 is 0 Å². The van der Waals surface area contributed by atoms with Crippen LogP contribution < -0.4 is 25.4 Å². The molecule has 10 heteroatoms. The standard InChI is InChI=1S/C25H25N3O7/c1-16(29)18-7-10-20(22(14-18)33-2)35-15-23(30)28-19-8-5-17(6-9-19)24(31)26-11-12-27-25(32)21-4-3-13-34-21/h3-10,13-14H,11-12,15H2,1-2H3,(H,26,31)(H,27,32)(H,28,30). The number of carbonyl (C=O) groups is 4. The van der Waals surface area contributed by atoms with Crippen LogP contribution in [0.4, 0.5) is 5.69 Å². The summed E-state index contributed by atoms with van der Waals surface area (Å²) in [5.41, 5.74) is 1.35. The van der Waals surface area contributed by atoms with Crippen LogP contribution in [-0.4, -0.2) is 50.3 Å². The number of methoxy groups -OCH3 is 1. The number of benzene rings is 2. The fraction of sp³-hybridized carbons (Fsp3) is 0.200. The fourth-order valence-corrected chi connectivity index (χ4v) is 3.00. The van der Waals surface area contributed by atoms with Gasteiger partial charge in [0.25, 0.3) is 17.7 Å². The largest absolute Gasteiger partial charge is 0.493 e. The van der Waals surface area contributed by atoms with Gasteiger partial charge in [0.2, 0.25) is 0 Å². The van der Waals surface area contributed by atoms with Gasteiger partial charge in [0, 0.05) is 29.9 Å². The predicted molar refractivity (Wildman–Crippen MR) is 127 cm³/mol. The van der Waals surface area contributed by atoms with Gasteiger partial charge in [0.1, 0.15) is 0 Å². The van der Waals surface area contributed by atoms with Gasteiger partial charge < -0.3 is 29.8 Å². The number of amides is 3. The summed E-state index contributed by atoms with van der Waals surface area (Å²) >= 11 is 0. The maximum Gasteiger partial charge on any atom is 0.287 e. The number of ether oxygens (including phenoxy) is 2. The molecule has 0 aliphatic heterocycles. The van der Waals surface area contributed by atoms with Gasteiger partial charge in [-0.1, -0.05) is 0 Å². The molecule has 1 aromatic heterocycles. The van der Waals surface area contributed by atoms with Gasteiger partial charge >= 0.3 is 0 Å². The Kier molecular flexibility index (Phi) is 8.60. The van der Waals surface area contributed by atoms with E-state index in [9.17, 15) is 19.2 Å². The topological polar surface area (TPSA) is 136 Å². The maximum atomic E-state index is 12.3. The number of hydrogen-bond acceptors (Lipinski definition) is 7. The van der Waals surface area contributed by atoms with E-state index in [1.165, 1.54) is 20.3 Å². The molecule has 35 heavy (non-hydrogen) atoms. The zero-order valence-corrected chi connectivity index (χ0v) is 19.3. The van der Waals surface area contributed by atoms with E-state index in [0.29, 0.717) is 28.3 Å². The third kappa shape index (κ3) is 7.19. The molecule has 0 fully saturated rings. The molecule has 0 saturated carbocycles. The second kappa shape index (κ2) is 12.0. The number of Topliss-reactive ketones (excluding diaryl/α,β-unsaturated/α-hetero) is 1. The van der Waals surface area contributed by atoms with Crippen molar-refractivity contribution in [1.82, 2.24) is 10.6 Å². The molecule has 0 spiro atoms. The van der Waals surface area contributed by atoms with Crippen LogP contribution in [-0.2, 0) is 4.79 Å². The van der Waals surface area contributed by atoms with Gasteiger partial charge in [-0.25, -0.2) is 0 Å². The molecule has 0 aliphatic rings. The molecule has 0 aliphatic carbocycles. The maximum absolute atomic E-state index is 12.3. The molecule has 10 nitrogen and oxygen atoms in total. The SMILES string of the molecule is COc1cc(C(C)=O)ccc1OCC(=O)Nc1ccc(C(=O)NCCNC(=O)c2ccco2)cc1. The summed E-state index contributed by atoms with van der Waals surface area (Å²) in [5, 5.41) is 8.00. The summed E-state index contributed by atoms with van der Waals surface area (Å²) in [7, 11) is 1.45. The zero-order valence-electron chi connectivity index (χ0n) is 19.3. The summed E-state index contributed by atoms with van der Waals surface area (Å²) in [4.78, 5) is 47.7. The second-order valence-electron chi connectivity index (χ2n) is 7.33. The van der Waals surface area contributed by atoms with Gasteiger partial charge in [-0.3, -0.25) is 19.2 Å². The van der Waals surface area contributed by atoms with E-state index < -0.39 is 5.91 Å². The Morgan fingerprint density at radius 3 is 2.17 bits per heavy atom. The molecule has 0 radical (unpaired) electrons. The van der Waals surface area contributed by atoms with Crippen LogP contribution in [0, 0.1) is 0 Å². The van der Waals surface area contributed by atoms with Gasteiger partial charge in [-0.05, 0) is 61.5 Å². The molecule has 3 rings (SSSR count). The first-order valence-electron chi connectivity index (χ1n) is 10.7. The van der Waals surface area contributed by atoms with Gasteiger partial charge in [0.15, 0.2) is 29.6 Å². The van der Waals surface area contributed by atoms with E-state index in [2.05, 4.69) is 16.0 Å². The Bertz CT molecular complexity index is 1190. The molecule has 0 bridgehead atoms. The molecule has 3 amide bonds. The summed E-state index contributed by atoms with van der Waals surface area (Å²) in [6.07, 6.45) is 1.40. The highest BCUT2D eigenvalue weighted by molar-refractivity contribution is 5.96. The molecule has 1 heterocycles. The van der Waals surface area contributed by atoms with Crippen LogP contribution in [0.3, 0.4) is 0 Å². The number of rotatable bonds is 11. The molecular formula is C25H25N3O7. The molecular weight excluding hydrogens is 454 g/mol. The molecule has 0 atom stereocenters. The van der Waals surface area contributed by atoms with Crippen molar-refractivity contribution in [3.8, 4) is 11.5 Å². The third-order valence-electron chi connectivity index (χ3n) is 4.80. The lowest BCUT2D eigenvalue weighted by Crippen LogP contribution is -2.34. The summed E-state index contributed by atoms with van der Waals surface area (Å²) in [6, 6.07) is 14.2. The fourth-order valence-electron chi connectivity index (χ4n) is 3.00. The van der Waals surface area contributed by atoms with Crippen LogP contribution >= 0.6 is 0 Å². The number of furan rings is 1. The number of ketones is 1. The summed E-state index contributed by atoms with van der Waals surface area (Å²) in [6.45, 7) is 1.64. The van der Waals surface area contributed by atoms with Crippen molar-refractivity contribution in [1.29, 1.82) is 0 Å². The summed E-state index contributed by atoms with van der Waals surface area (Å²) in [5.74, 6) is -0.320. The van der Waals surface area contributed by atoms with Gasteiger partial charge in [0.05, 0.1) is 13.4 Å². The summed E-state index contributed by atoms with van der Waals surface area (Å²) < 4.78 is 15.7. The molecule has 3 N–H and O–H groups in total. The van der Waals surface area contributed by atoms with Crippen LogP contribution in [0.2, 0.25) is 0 Å². The number of anilines is 1. The van der Waals surface area contributed by atoms with Crippen molar-refractivity contribution >= 4 is 29.2 Å². The normalized spacial score (nSPS) is 10.2. The van der Waals surface area contributed by atoms with Gasteiger partial charge in [-0.15, -0.1) is 0 Å². The lowest BCUT2D eigenvalue weighted by molar-refractivity contribution is -0.118. The first kappa shape index (κ1) is 25.0. The van der Waals surface area contributed by atoms with E-state index in [4.69, 9.17) is 13.9 Å². The van der Waals surface area contributed by atoms with E-state index in [1.807, 2.05) is 0 Å². The molecule has 3 aromatic rings. The molecule has 2 aromatic carbocycles. The monoisotopic (exact) mass is 479 g/mol. The first-order valence-corrected chi connectivity index (χ1v) is 10.7. The Labute approximate surface area is 201 Å². The van der Waals surface area contributed by atoms with E-state index in [1.54, 1.807) is 54.6 Å². The van der Waals surface area contributed by atoms with E-state index in [0.717, 1.165) is 0 Å². The highest BCUT2D eigenvalue weighted by atomic mass is 16.5. The van der Waals surface area contributed by atoms with Crippen molar-refractivity contribution in [3.63, 3.8) is 0 Å². The van der Waals surface area contributed by atoms with Crippen molar-refractivity contribution < 1.29 is 33.1 Å². The van der Waals surface area contributed by atoms with Gasteiger partial charge in [-0.2, -0.15) is 0 Å². The van der Waals surface area contributed by atoms with Crippen LogP contribution in [0.25, 0.3) is 0 Å². The van der Waals surface area contributed by atoms with Crippen molar-refractivity contribution in [2.45, 2.75) is 6.92 Å². The Hall–Kier alpha value is -4.60. The van der Waals surface area contributed by atoms with Crippen LogP contribution in [0.15, 0.2) is 65.3 Å². The third-order valence-corrected chi connectivity index (χ3v) is 4.80. The van der Waals surface area contributed by atoms with Crippen molar-refractivity contribution in [3.05, 3.63) is 77.7 Å². The lowest BCUT2D eigenvalue weighted by atomic mass is 10.1. The highest BCUT2D eigenvalue weighted by Gasteiger charge is 2.12. The number of hydrogen-bond donors (Lipinski definition) is 3. The Morgan fingerprint density at radius 1 is 0.857 bits per heavy atom. The zero-order chi connectivity index (χ0) is 25.2. The quantitative estimate of drug-likeness (QED) is 0.284. The minimum atomic E-state index is -0.410. The number of carbonyl (C=O) groups excluding carboxylic acids is 4. The minimum absolute atomic E-state index is 0.110. The van der Waals surface area contributed by atoms with Crippen molar-refractivity contribution in [2.24, 2.45) is 0 Å². The smallest absolute Gasteiger partial charge is 0.287 e.